The maximum atomic E-state index is 13.1. The first-order chi connectivity index (χ1) is 15.0. The van der Waals surface area contributed by atoms with Crippen molar-refractivity contribution in [2.24, 2.45) is 0 Å². The molecular weight excluding hydrogens is 451 g/mol. The zero-order chi connectivity index (χ0) is 23.5. The lowest BCUT2D eigenvalue weighted by Gasteiger charge is -2.16. The summed E-state index contributed by atoms with van der Waals surface area (Å²) in [5.41, 5.74) is -1.60. The van der Waals surface area contributed by atoms with Crippen molar-refractivity contribution < 1.29 is 22.9 Å². The normalized spacial score (nSPS) is 12.2. The Labute approximate surface area is 184 Å². The molecule has 0 aliphatic rings. The molecule has 0 spiro atoms. The highest BCUT2D eigenvalue weighted by molar-refractivity contribution is 6.29. The van der Waals surface area contributed by atoms with E-state index in [2.05, 4.69) is 20.6 Å². The molecule has 0 radical (unpaired) electrons. The minimum atomic E-state index is -4.84. The number of alkyl halides is 3. The van der Waals surface area contributed by atoms with Crippen molar-refractivity contribution in [2.75, 3.05) is 10.6 Å². The van der Waals surface area contributed by atoms with Crippen LogP contribution in [-0.4, -0.2) is 20.8 Å². The third-order valence-corrected chi connectivity index (χ3v) is 4.51. The monoisotopic (exact) mass is 465 g/mol. The molecule has 1 unspecified atom stereocenters. The number of benzene rings is 2. The Kier molecular flexibility index (Phi) is 6.58. The van der Waals surface area contributed by atoms with Crippen LogP contribution in [0.1, 0.15) is 34.5 Å². The van der Waals surface area contributed by atoms with Gasteiger partial charge in [0, 0.05) is 23.4 Å². The molecular formula is C20H15ClF3N5O3. The Hall–Kier alpha value is -3.73. The van der Waals surface area contributed by atoms with Gasteiger partial charge in [0.05, 0.1) is 28.9 Å². The molecule has 1 aromatic heterocycles. The first-order valence-corrected chi connectivity index (χ1v) is 9.43. The van der Waals surface area contributed by atoms with E-state index < -0.39 is 33.8 Å². The fourth-order valence-electron chi connectivity index (χ4n) is 2.82. The molecule has 0 fully saturated rings. The standard InChI is InChI=1S/C20H15ClF3N5O3/c1-11(26-18-10-25-9-17(21)28-18)12-3-2-4-15(6-12)27-19(30)13-5-14(20(22,23)24)8-16(7-13)29(31)32/h2-11H,1H3,(H,26,28)(H,27,30). The van der Waals surface area contributed by atoms with E-state index in [9.17, 15) is 28.1 Å². The topological polar surface area (TPSA) is 110 Å². The second-order valence-corrected chi connectivity index (χ2v) is 7.08. The van der Waals surface area contributed by atoms with Crippen LogP contribution in [0.2, 0.25) is 5.15 Å². The third-order valence-electron chi connectivity index (χ3n) is 4.33. The molecule has 1 atom stereocenters. The lowest BCUT2D eigenvalue weighted by atomic mass is 10.1. The number of nitro groups is 1. The van der Waals surface area contributed by atoms with Gasteiger partial charge in [-0.3, -0.25) is 19.9 Å². The molecule has 1 heterocycles. The van der Waals surface area contributed by atoms with E-state index in [4.69, 9.17) is 11.6 Å². The molecule has 2 N–H and O–H groups in total. The van der Waals surface area contributed by atoms with Gasteiger partial charge in [0.25, 0.3) is 11.6 Å². The number of rotatable bonds is 6. The van der Waals surface area contributed by atoms with Crippen LogP contribution in [0.4, 0.5) is 30.4 Å². The van der Waals surface area contributed by atoms with Gasteiger partial charge in [-0.05, 0) is 30.7 Å². The van der Waals surface area contributed by atoms with Crippen molar-refractivity contribution >= 4 is 34.7 Å². The van der Waals surface area contributed by atoms with E-state index in [1.165, 1.54) is 18.5 Å². The van der Waals surface area contributed by atoms with Crippen LogP contribution in [0.5, 0.6) is 0 Å². The van der Waals surface area contributed by atoms with Gasteiger partial charge in [0.1, 0.15) is 11.0 Å². The summed E-state index contributed by atoms with van der Waals surface area (Å²) >= 11 is 5.81. The number of anilines is 2. The number of hydrogen-bond acceptors (Lipinski definition) is 6. The van der Waals surface area contributed by atoms with Gasteiger partial charge < -0.3 is 10.6 Å². The van der Waals surface area contributed by atoms with Crippen LogP contribution in [0.3, 0.4) is 0 Å². The maximum Gasteiger partial charge on any atom is 0.416 e. The summed E-state index contributed by atoms with van der Waals surface area (Å²) < 4.78 is 39.2. The molecule has 2 aromatic carbocycles. The summed E-state index contributed by atoms with van der Waals surface area (Å²) in [5, 5.41) is 16.7. The summed E-state index contributed by atoms with van der Waals surface area (Å²) in [6.45, 7) is 1.82. The van der Waals surface area contributed by atoms with E-state index in [1.54, 1.807) is 18.2 Å². The third kappa shape index (κ3) is 5.70. The number of non-ortho nitro benzene ring substituents is 1. The summed E-state index contributed by atoms with van der Waals surface area (Å²) in [6.07, 6.45) is -1.98. The number of nitro benzene ring substituents is 1. The van der Waals surface area contributed by atoms with Crippen LogP contribution in [0, 0.1) is 10.1 Å². The summed E-state index contributed by atoms with van der Waals surface area (Å²) in [7, 11) is 0. The SMILES string of the molecule is CC(Nc1cncc(Cl)n1)c1cccc(NC(=O)c2cc([N+](=O)[O-])cc(C(F)(F)F)c2)c1. The van der Waals surface area contributed by atoms with E-state index in [1.807, 2.05) is 6.92 Å². The van der Waals surface area contributed by atoms with E-state index in [0.717, 1.165) is 11.6 Å². The molecule has 0 bridgehead atoms. The molecule has 0 saturated carbocycles. The van der Waals surface area contributed by atoms with Crippen molar-refractivity contribution in [3.63, 3.8) is 0 Å². The number of hydrogen-bond donors (Lipinski definition) is 2. The number of carbonyl (C=O) groups excluding carboxylic acids is 1. The number of halogens is 4. The molecule has 0 saturated heterocycles. The Balaban J connectivity index is 1.81. The zero-order valence-corrected chi connectivity index (χ0v) is 17.1. The molecule has 12 heteroatoms. The van der Waals surface area contributed by atoms with Gasteiger partial charge in [0.2, 0.25) is 0 Å². The number of carbonyl (C=O) groups is 1. The Morgan fingerprint density at radius 2 is 1.94 bits per heavy atom. The fourth-order valence-corrected chi connectivity index (χ4v) is 2.96. The Morgan fingerprint density at radius 1 is 1.19 bits per heavy atom. The van der Waals surface area contributed by atoms with Crippen LogP contribution in [0.25, 0.3) is 0 Å². The molecule has 3 aromatic rings. The van der Waals surface area contributed by atoms with E-state index in [-0.39, 0.29) is 11.2 Å². The van der Waals surface area contributed by atoms with Gasteiger partial charge in [-0.15, -0.1) is 0 Å². The van der Waals surface area contributed by atoms with Gasteiger partial charge in [-0.2, -0.15) is 13.2 Å². The summed E-state index contributed by atoms with van der Waals surface area (Å²) in [5.74, 6) is -0.492. The highest BCUT2D eigenvalue weighted by Gasteiger charge is 2.33. The molecule has 3 rings (SSSR count). The van der Waals surface area contributed by atoms with Crippen molar-refractivity contribution in [3.05, 3.63) is 86.8 Å². The lowest BCUT2D eigenvalue weighted by molar-refractivity contribution is -0.385. The minimum absolute atomic E-state index is 0.207. The van der Waals surface area contributed by atoms with Crippen molar-refractivity contribution in [1.29, 1.82) is 0 Å². The second kappa shape index (κ2) is 9.18. The molecule has 32 heavy (non-hydrogen) atoms. The molecule has 0 aliphatic heterocycles. The Bertz CT molecular complexity index is 1170. The van der Waals surface area contributed by atoms with Gasteiger partial charge >= 0.3 is 6.18 Å². The highest BCUT2D eigenvalue weighted by atomic mass is 35.5. The summed E-state index contributed by atoms with van der Waals surface area (Å²) in [4.78, 5) is 30.5. The predicted molar refractivity (Wildman–Crippen MR) is 112 cm³/mol. The van der Waals surface area contributed by atoms with Crippen molar-refractivity contribution in [2.45, 2.75) is 19.1 Å². The van der Waals surface area contributed by atoms with Gasteiger partial charge in [0.15, 0.2) is 0 Å². The largest absolute Gasteiger partial charge is 0.416 e. The quantitative estimate of drug-likeness (QED) is 0.368. The molecule has 8 nitrogen and oxygen atoms in total. The molecule has 166 valence electrons. The number of nitrogens with zero attached hydrogens (tertiary/aromatic N) is 3. The van der Waals surface area contributed by atoms with E-state index >= 15 is 0 Å². The predicted octanol–water partition coefficient (Wildman–Crippen LogP) is 5.48. The average Bonchev–Trinajstić information content (AvgIpc) is 2.73. The number of nitrogens with one attached hydrogen (secondary N) is 2. The average molecular weight is 466 g/mol. The van der Waals surface area contributed by atoms with Crippen LogP contribution >= 0.6 is 11.6 Å². The fraction of sp³-hybridized carbons (Fsp3) is 0.150. The number of amides is 1. The second-order valence-electron chi connectivity index (χ2n) is 6.70. The first-order valence-electron chi connectivity index (χ1n) is 9.05. The van der Waals surface area contributed by atoms with E-state index in [0.29, 0.717) is 23.6 Å². The van der Waals surface area contributed by atoms with Crippen LogP contribution < -0.4 is 10.6 Å². The van der Waals surface area contributed by atoms with Crippen LogP contribution in [0.15, 0.2) is 54.9 Å². The van der Waals surface area contributed by atoms with Gasteiger partial charge in [-0.1, -0.05) is 23.7 Å². The smallest absolute Gasteiger partial charge is 0.362 e. The highest BCUT2D eigenvalue weighted by Crippen LogP contribution is 2.33. The molecule has 1 amide bonds. The summed E-state index contributed by atoms with van der Waals surface area (Å²) in [6, 6.07) is 8.00. The van der Waals surface area contributed by atoms with Gasteiger partial charge in [-0.25, -0.2) is 4.98 Å². The van der Waals surface area contributed by atoms with Crippen molar-refractivity contribution in [3.8, 4) is 0 Å². The Morgan fingerprint density at radius 3 is 2.59 bits per heavy atom. The minimum Gasteiger partial charge on any atom is -0.362 e. The van der Waals surface area contributed by atoms with Crippen LogP contribution in [-0.2, 0) is 6.18 Å². The first kappa shape index (κ1) is 22.9. The molecule has 0 aliphatic carbocycles. The zero-order valence-electron chi connectivity index (χ0n) is 16.4. The lowest BCUT2D eigenvalue weighted by Crippen LogP contribution is -2.15. The van der Waals surface area contributed by atoms with Crippen molar-refractivity contribution in [1.82, 2.24) is 9.97 Å². The maximum absolute atomic E-state index is 13.1. The number of aromatic nitrogens is 2.